The molecule has 2 aromatic carbocycles. The van der Waals surface area contributed by atoms with Crippen LogP contribution < -0.4 is 10.1 Å². The molecule has 0 aliphatic carbocycles. The lowest BCUT2D eigenvalue weighted by atomic mass is 9.75. The molecule has 1 N–H and O–H groups in total. The van der Waals surface area contributed by atoms with E-state index in [0.29, 0.717) is 6.42 Å². The van der Waals surface area contributed by atoms with E-state index in [1.807, 2.05) is 62.4 Å². The number of nitrogens with one attached hydrogen (secondary N) is 1. The summed E-state index contributed by atoms with van der Waals surface area (Å²) in [4.78, 5) is 41.1. The normalized spacial score (nSPS) is 26.2. The molecule has 7 heteroatoms. The first kappa shape index (κ1) is 24.0. The summed E-state index contributed by atoms with van der Waals surface area (Å²) in [7, 11) is 2.96. The maximum absolute atomic E-state index is 13.4. The van der Waals surface area contributed by atoms with Crippen molar-refractivity contribution in [3.63, 3.8) is 0 Å². The zero-order chi connectivity index (χ0) is 24.6. The molecule has 180 valence electrons. The van der Waals surface area contributed by atoms with Gasteiger partial charge in [0, 0.05) is 12.6 Å². The Balaban J connectivity index is 1.74. The lowest BCUT2D eigenvalue weighted by Crippen LogP contribution is -2.57. The van der Waals surface area contributed by atoms with Crippen LogP contribution in [0.3, 0.4) is 0 Å². The van der Waals surface area contributed by atoms with Gasteiger partial charge in [0.1, 0.15) is 11.3 Å². The van der Waals surface area contributed by atoms with Gasteiger partial charge in [-0.1, -0.05) is 50.2 Å². The summed E-state index contributed by atoms with van der Waals surface area (Å²) >= 11 is 0. The standard InChI is InChI=1S/C27H32N2O5/c1-6-29-24(30)21-22(25(29)31)27(15-16(2)3,26(32)34-5)28-23(21)19-9-7-17(8-10-19)18-11-13-20(33-4)14-12-18/h7-14,16,21-23,28H,6,15H2,1-5H3/t21-,22-,23-,27-/m1/s1. The molecular weight excluding hydrogens is 432 g/mol. The average Bonchev–Trinajstić information content (AvgIpc) is 3.31. The molecule has 4 atom stereocenters. The minimum Gasteiger partial charge on any atom is -0.497 e. The van der Waals surface area contributed by atoms with E-state index < -0.39 is 29.4 Å². The number of hydrogen-bond acceptors (Lipinski definition) is 6. The van der Waals surface area contributed by atoms with Crippen LogP contribution in [-0.4, -0.2) is 49.0 Å². The van der Waals surface area contributed by atoms with Crippen molar-refractivity contribution in [2.45, 2.75) is 38.8 Å². The van der Waals surface area contributed by atoms with Gasteiger partial charge in [-0.25, -0.2) is 0 Å². The monoisotopic (exact) mass is 464 g/mol. The highest BCUT2D eigenvalue weighted by molar-refractivity contribution is 6.09. The van der Waals surface area contributed by atoms with Crippen LogP contribution in [0.2, 0.25) is 0 Å². The van der Waals surface area contributed by atoms with E-state index in [9.17, 15) is 14.4 Å². The van der Waals surface area contributed by atoms with Crippen LogP contribution in [0.4, 0.5) is 0 Å². The molecule has 0 unspecified atom stereocenters. The van der Waals surface area contributed by atoms with Crippen LogP contribution in [0.1, 0.15) is 38.8 Å². The summed E-state index contributed by atoms with van der Waals surface area (Å²) < 4.78 is 10.4. The molecule has 2 aliphatic heterocycles. The van der Waals surface area contributed by atoms with Crippen molar-refractivity contribution in [3.8, 4) is 16.9 Å². The summed E-state index contributed by atoms with van der Waals surface area (Å²) in [6, 6.07) is 15.2. The van der Waals surface area contributed by atoms with E-state index in [4.69, 9.17) is 9.47 Å². The Morgan fingerprint density at radius 3 is 2.09 bits per heavy atom. The van der Waals surface area contributed by atoms with Crippen molar-refractivity contribution in [2.75, 3.05) is 20.8 Å². The molecule has 0 bridgehead atoms. The van der Waals surface area contributed by atoms with Crippen molar-refractivity contribution in [3.05, 3.63) is 54.1 Å². The zero-order valence-electron chi connectivity index (χ0n) is 20.3. The van der Waals surface area contributed by atoms with Gasteiger partial charge in [0.25, 0.3) is 0 Å². The quantitative estimate of drug-likeness (QED) is 0.498. The number of carbonyl (C=O) groups excluding carboxylic acids is 3. The summed E-state index contributed by atoms with van der Waals surface area (Å²) in [5, 5.41) is 3.43. The SMILES string of the molecule is CCN1C(=O)[C@H]2[C@@H](c3ccc(-c4ccc(OC)cc4)cc3)N[C@@](CC(C)C)(C(=O)OC)[C@H]2C1=O. The second-order valence-electron chi connectivity index (χ2n) is 9.46. The average molecular weight is 465 g/mol. The molecule has 4 rings (SSSR count). The van der Waals surface area contributed by atoms with Gasteiger partial charge in [-0.15, -0.1) is 0 Å². The molecule has 0 radical (unpaired) electrons. The highest BCUT2D eigenvalue weighted by Gasteiger charge is 2.68. The lowest BCUT2D eigenvalue weighted by Gasteiger charge is -2.33. The van der Waals surface area contributed by atoms with Gasteiger partial charge in [0.05, 0.1) is 26.1 Å². The molecule has 2 amide bonds. The van der Waals surface area contributed by atoms with E-state index in [0.717, 1.165) is 22.4 Å². The van der Waals surface area contributed by atoms with Crippen LogP contribution in [0.5, 0.6) is 5.75 Å². The molecule has 2 fully saturated rings. The number of fused-ring (bicyclic) bond motifs is 1. The highest BCUT2D eigenvalue weighted by atomic mass is 16.5. The third-order valence-electron chi connectivity index (χ3n) is 7.03. The third-order valence-corrected chi connectivity index (χ3v) is 7.03. The Kier molecular flexibility index (Phi) is 6.49. The molecule has 2 heterocycles. The predicted octanol–water partition coefficient (Wildman–Crippen LogP) is 3.59. The number of ether oxygens (including phenoxy) is 2. The highest BCUT2D eigenvalue weighted by Crippen LogP contribution is 2.51. The van der Waals surface area contributed by atoms with Gasteiger partial charge in [-0.05, 0) is 48.1 Å². The number of amides is 2. The number of nitrogens with zero attached hydrogens (tertiary/aromatic N) is 1. The number of hydrogen-bond donors (Lipinski definition) is 1. The van der Waals surface area contributed by atoms with Crippen LogP contribution in [0.25, 0.3) is 11.1 Å². The van der Waals surface area contributed by atoms with E-state index in [1.54, 1.807) is 14.0 Å². The van der Waals surface area contributed by atoms with E-state index >= 15 is 0 Å². The number of methoxy groups -OCH3 is 2. The summed E-state index contributed by atoms with van der Waals surface area (Å²) in [6.45, 7) is 6.06. The molecule has 0 spiro atoms. The Hall–Kier alpha value is -3.19. The molecule has 34 heavy (non-hydrogen) atoms. The number of esters is 1. The Bertz CT molecular complexity index is 1080. The van der Waals surface area contributed by atoms with Crippen molar-refractivity contribution in [1.82, 2.24) is 10.2 Å². The van der Waals surface area contributed by atoms with Crippen molar-refractivity contribution in [1.29, 1.82) is 0 Å². The maximum Gasteiger partial charge on any atom is 0.326 e. The molecule has 7 nitrogen and oxygen atoms in total. The van der Waals surface area contributed by atoms with Gasteiger partial charge in [-0.3, -0.25) is 24.6 Å². The van der Waals surface area contributed by atoms with Gasteiger partial charge in [0.15, 0.2) is 0 Å². The Labute approximate surface area is 200 Å². The summed E-state index contributed by atoms with van der Waals surface area (Å²) in [5.41, 5.74) is 1.67. The number of rotatable bonds is 7. The minimum atomic E-state index is -1.25. The maximum atomic E-state index is 13.4. The predicted molar refractivity (Wildman–Crippen MR) is 128 cm³/mol. The Morgan fingerprint density at radius 2 is 1.59 bits per heavy atom. The van der Waals surface area contributed by atoms with Crippen molar-refractivity contribution in [2.24, 2.45) is 17.8 Å². The van der Waals surface area contributed by atoms with Crippen LogP contribution in [0, 0.1) is 17.8 Å². The molecule has 0 aromatic heterocycles. The Morgan fingerprint density at radius 1 is 1.00 bits per heavy atom. The molecule has 0 saturated carbocycles. The fourth-order valence-corrected chi connectivity index (χ4v) is 5.61. The van der Waals surface area contributed by atoms with Gasteiger partial charge in [-0.2, -0.15) is 0 Å². The van der Waals surface area contributed by atoms with Crippen molar-refractivity contribution < 1.29 is 23.9 Å². The van der Waals surface area contributed by atoms with Crippen LogP contribution in [-0.2, 0) is 19.1 Å². The van der Waals surface area contributed by atoms with Gasteiger partial charge < -0.3 is 9.47 Å². The van der Waals surface area contributed by atoms with Crippen molar-refractivity contribution >= 4 is 17.8 Å². The molecule has 2 aliphatic rings. The van der Waals surface area contributed by atoms with Gasteiger partial charge >= 0.3 is 5.97 Å². The fraction of sp³-hybridized carbons (Fsp3) is 0.444. The first-order chi connectivity index (χ1) is 16.3. The second kappa shape index (κ2) is 9.22. The molecule has 2 aromatic rings. The van der Waals surface area contributed by atoms with E-state index in [2.05, 4.69) is 5.32 Å². The van der Waals surface area contributed by atoms with Crippen LogP contribution >= 0.6 is 0 Å². The molecule has 2 saturated heterocycles. The van der Waals surface area contributed by atoms with Gasteiger partial charge in [0.2, 0.25) is 11.8 Å². The fourth-order valence-electron chi connectivity index (χ4n) is 5.61. The molecular formula is C27H32N2O5. The topological polar surface area (TPSA) is 84.9 Å². The van der Waals surface area contributed by atoms with Crippen LogP contribution in [0.15, 0.2) is 48.5 Å². The first-order valence-corrected chi connectivity index (χ1v) is 11.7. The lowest BCUT2D eigenvalue weighted by molar-refractivity contribution is -0.155. The third kappa shape index (κ3) is 3.78. The summed E-state index contributed by atoms with van der Waals surface area (Å²) in [5.74, 6) is -1.57. The largest absolute Gasteiger partial charge is 0.497 e. The number of likely N-dealkylation sites (tertiary alicyclic amines) is 1. The first-order valence-electron chi connectivity index (χ1n) is 11.7. The minimum absolute atomic E-state index is 0.113. The number of benzene rings is 2. The number of imide groups is 1. The number of carbonyl (C=O) groups is 3. The summed E-state index contributed by atoms with van der Waals surface area (Å²) in [6.07, 6.45) is 0.401. The zero-order valence-corrected chi connectivity index (χ0v) is 20.3. The second-order valence-corrected chi connectivity index (χ2v) is 9.46. The smallest absolute Gasteiger partial charge is 0.326 e. The van der Waals surface area contributed by atoms with E-state index in [1.165, 1.54) is 12.0 Å². The van der Waals surface area contributed by atoms with E-state index in [-0.39, 0.29) is 24.3 Å².